The summed E-state index contributed by atoms with van der Waals surface area (Å²) in [6, 6.07) is 5.49. The van der Waals surface area contributed by atoms with E-state index in [1.54, 1.807) is 23.9 Å². The van der Waals surface area contributed by atoms with Gasteiger partial charge < -0.3 is 15.2 Å². The van der Waals surface area contributed by atoms with E-state index >= 15 is 0 Å². The fraction of sp³-hybridized carbons (Fsp3) is 0.429. The molecule has 6 nitrogen and oxygen atoms in total. The summed E-state index contributed by atoms with van der Waals surface area (Å²) < 4.78 is 12.7. The molecule has 112 valence electrons. The Hall–Kier alpha value is -1.63. The molecule has 1 unspecified atom stereocenters. The van der Waals surface area contributed by atoms with Gasteiger partial charge in [-0.25, -0.2) is 4.68 Å². The maximum atomic E-state index is 6.19. The molecule has 1 aromatic heterocycles. The first-order chi connectivity index (χ1) is 10.2. The van der Waals surface area contributed by atoms with Gasteiger partial charge in [-0.1, -0.05) is 16.8 Å². The lowest BCUT2D eigenvalue weighted by Gasteiger charge is -2.14. The SMILES string of the molecule is COc1ccc(-n2nnc(CN)c2C2CCCO2)cc1Cl. The maximum Gasteiger partial charge on any atom is 0.137 e. The minimum atomic E-state index is -0.0144. The Morgan fingerprint density at radius 1 is 1.52 bits per heavy atom. The summed E-state index contributed by atoms with van der Waals surface area (Å²) in [6.45, 7) is 1.09. The smallest absolute Gasteiger partial charge is 0.137 e. The second-order valence-electron chi connectivity index (χ2n) is 4.86. The summed E-state index contributed by atoms with van der Waals surface area (Å²) in [6.07, 6.45) is 1.97. The number of hydrogen-bond acceptors (Lipinski definition) is 5. The Kier molecular flexibility index (Phi) is 4.10. The second kappa shape index (κ2) is 6.01. The van der Waals surface area contributed by atoms with Crippen LogP contribution in [0.2, 0.25) is 5.02 Å². The molecule has 0 saturated carbocycles. The number of rotatable bonds is 4. The molecular formula is C14H17ClN4O2. The van der Waals surface area contributed by atoms with Crippen LogP contribution in [-0.2, 0) is 11.3 Å². The molecule has 1 saturated heterocycles. The molecule has 2 N–H and O–H groups in total. The van der Waals surface area contributed by atoms with E-state index < -0.39 is 0 Å². The highest BCUT2D eigenvalue weighted by atomic mass is 35.5. The van der Waals surface area contributed by atoms with E-state index in [2.05, 4.69) is 10.3 Å². The lowest BCUT2D eigenvalue weighted by Crippen LogP contribution is -2.11. The number of aromatic nitrogens is 3. The summed E-state index contributed by atoms with van der Waals surface area (Å²) in [7, 11) is 1.58. The zero-order valence-electron chi connectivity index (χ0n) is 11.8. The summed E-state index contributed by atoms with van der Waals surface area (Å²) in [5.74, 6) is 0.623. The van der Waals surface area contributed by atoms with E-state index in [0.717, 1.165) is 36.5 Å². The quantitative estimate of drug-likeness (QED) is 0.937. The monoisotopic (exact) mass is 308 g/mol. The van der Waals surface area contributed by atoms with Gasteiger partial charge in [-0.3, -0.25) is 0 Å². The number of methoxy groups -OCH3 is 1. The lowest BCUT2D eigenvalue weighted by atomic mass is 10.1. The van der Waals surface area contributed by atoms with E-state index in [-0.39, 0.29) is 6.10 Å². The molecule has 2 aromatic rings. The van der Waals surface area contributed by atoms with Gasteiger partial charge in [-0.15, -0.1) is 5.10 Å². The predicted molar refractivity (Wildman–Crippen MR) is 78.7 cm³/mol. The molecule has 0 radical (unpaired) electrons. The molecule has 21 heavy (non-hydrogen) atoms. The maximum absolute atomic E-state index is 6.19. The summed E-state index contributed by atoms with van der Waals surface area (Å²) >= 11 is 6.19. The Bertz CT molecular complexity index is 638. The zero-order valence-corrected chi connectivity index (χ0v) is 12.5. The van der Waals surface area contributed by atoms with Crippen LogP contribution in [0.4, 0.5) is 0 Å². The molecule has 1 aromatic carbocycles. The zero-order chi connectivity index (χ0) is 14.8. The van der Waals surface area contributed by atoms with E-state index in [1.165, 1.54) is 0 Å². The summed E-state index contributed by atoms with van der Waals surface area (Å²) in [5, 5.41) is 8.89. The van der Waals surface area contributed by atoms with Gasteiger partial charge in [0.05, 0.1) is 23.5 Å². The Morgan fingerprint density at radius 2 is 2.38 bits per heavy atom. The van der Waals surface area contributed by atoms with Crippen molar-refractivity contribution < 1.29 is 9.47 Å². The van der Waals surface area contributed by atoms with Crippen molar-refractivity contribution in [3.05, 3.63) is 34.6 Å². The average Bonchev–Trinajstić information content (AvgIpc) is 3.15. The molecular weight excluding hydrogens is 292 g/mol. The third kappa shape index (κ3) is 2.62. The van der Waals surface area contributed by atoms with Gasteiger partial charge in [-0.05, 0) is 31.0 Å². The van der Waals surface area contributed by atoms with Gasteiger partial charge in [0.1, 0.15) is 17.5 Å². The molecule has 1 fully saturated rings. The summed E-state index contributed by atoms with van der Waals surface area (Å²) in [4.78, 5) is 0. The van der Waals surface area contributed by atoms with E-state index in [1.807, 2.05) is 6.07 Å². The van der Waals surface area contributed by atoms with Gasteiger partial charge in [0.2, 0.25) is 0 Å². The standard InChI is InChI=1S/C14H17ClN4O2/c1-20-12-5-4-9(7-10(12)15)19-14(11(8-16)17-18-19)13-3-2-6-21-13/h4-5,7,13H,2-3,6,8,16H2,1H3. The fourth-order valence-electron chi connectivity index (χ4n) is 2.56. The molecule has 7 heteroatoms. The third-order valence-electron chi connectivity index (χ3n) is 3.59. The van der Waals surface area contributed by atoms with E-state index in [0.29, 0.717) is 17.3 Å². The van der Waals surface area contributed by atoms with Gasteiger partial charge >= 0.3 is 0 Å². The first-order valence-electron chi connectivity index (χ1n) is 6.84. The van der Waals surface area contributed by atoms with Crippen LogP contribution in [0.25, 0.3) is 5.69 Å². The molecule has 0 amide bonds. The second-order valence-corrected chi connectivity index (χ2v) is 5.27. The summed E-state index contributed by atoms with van der Waals surface area (Å²) in [5.41, 5.74) is 8.26. The number of hydrogen-bond donors (Lipinski definition) is 1. The fourth-order valence-corrected chi connectivity index (χ4v) is 2.81. The normalized spacial score (nSPS) is 18.1. The minimum Gasteiger partial charge on any atom is -0.495 e. The minimum absolute atomic E-state index is 0.0144. The molecule has 0 aliphatic carbocycles. The first-order valence-corrected chi connectivity index (χ1v) is 7.22. The number of halogens is 1. The molecule has 2 heterocycles. The molecule has 0 bridgehead atoms. The Balaban J connectivity index is 2.05. The largest absolute Gasteiger partial charge is 0.495 e. The highest BCUT2D eigenvalue weighted by Crippen LogP contribution is 2.33. The van der Waals surface area contributed by atoms with E-state index in [4.69, 9.17) is 26.8 Å². The van der Waals surface area contributed by atoms with Crippen LogP contribution in [0.5, 0.6) is 5.75 Å². The van der Waals surface area contributed by atoms with Crippen LogP contribution < -0.4 is 10.5 Å². The van der Waals surface area contributed by atoms with Gasteiger partial charge in [-0.2, -0.15) is 0 Å². The van der Waals surface area contributed by atoms with Gasteiger partial charge in [0.15, 0.2) is 0 Å². The van der Waals surface area contributed by atoms with Crippen LogP contribution in [0.3, 0.4) is 0 Å². The molecule has 1 atom stereocenters. The van der Waals surface area contributed by atoms with Crippen molar-refractivity contribution in [3.8, 4) is 11.4 Å². The molecule has 1 aliphatic heterocycles. The molecule has 0 spiro atoms. The lowest BCUT2D eigenvalue weighted by molar-refractivity contribution is 0.106. The van der Waals surface area contributed by atoms with Crippen LogP contribution in [-0.4, -0.2) is 28.7 Å². The predicted octanol–water partition coefficient (Wildman–Crippen LogP) is 2.24. The van der Waals surface area contributed by atoms with Crippen molar-refractivity contribution in [1.82, 2.24) is 15.0 Å². The first kappa shape index (κ1) is 14.3. The Labute approximate surface area is 127 Å². The highest BCUT2D eigenvalue weighted by Gasteiger charge is 2.26. The van der Waals surface area contributed by atoms with Gasteiger partial charge in [0, 0.05) is 13.2 Å². The third-order valence-corrected chi connectivity index (χ3v) is 3.88. The van der Waals surface area contributed by atoms with Crippen molar-refractivity contribution in [1.29, 1.82) is 0 Å². The van der Waals surface area contributed by atoms with Crippen LogP contribution in [0.15, 0.2) is 18.2 Å². The van der Waals surface area contributed by atoms with Gasteiger partial charge in [0.25, 0.3) is 0 Å². The van der Waals surface area contributed by atoms with Crippen molar-refractivity contribution in [2.75, 3.05) is 13.7 Å². The van der Waals surface area contributed by atoms with Crippen molar-refractivity contribution in [3.63, 3.8) is 0 Å². The number of nitrogens with two attached hydrogens (primary N) is 1. The number of nitrogens with zero attached hydrogens (tertiary/aromatic N) is 3. The highest BCUT2D eigenvalue weighted by molar-refractivity contribution is 6.32. The topological polar surface area (TPSA) is 75.2 Å². The Morgan fingerprint density at radius 3 is 3.00 bits per heavy atom. The average molecular weight is 309 g/mol. The molecule has 1 aliphatic rings. The van der Waals surface area contributed by atoms with Crippen LogP contribution in [0, 0.1) is 0 Å². The van der Waals surface area contributed by atoms with Crippen molar-refractivity contribution in [2.45, 2.75) is 25.5 Å². The van der Waals surface area contributed by atoms with E-state index in [9.17, 15) is 0 Å². The van der Waals surface area contributed by atoms with Crippen LogP contribution >= 0.6 is 11.6 Å². The van der Waals surface area contributed by atoms with Crippen molar-refractivity contribution >= 4 is 11.6 Å². The van der Waals surface area contributed by atoms with Crippen molar-refractivity contribution in [2.24, 2.45) is 5.73 Å². The molecule has 3 rings (SSSR count). The number of benzene rings is 1. The number of ether oxygens (including phenoxy) is 2. The van der Waals surface area contributed by atoms with Crippen LogP contribution in [0.1, 0.15) is 30.3 Å².